The molecule has 0 unspecified atom stereocenters. The fourth-order valence-corrected chi connectivity index (χ4v) is 0.506. The zero-order valence-electron chi connectivity index (χ0n) is 6.20. The third kappa shape index (κ3) is 5.72. The maximum absolute atomic E-state index is 11.6. The van der Waals surface area contributed by atoms with E-state index in [0.717, 1.165) is 0 Å². The molecule has 0 aromatic heterocycles. The Hall–Kier alpha value is -0.710. The summed E-state index contributed by atoms with van der Waals surface area (Å²) < 4.78 is 34.7. The van der Waals surface area contributed by atoms with Gasteiger partial charge in [0.25, 0.3) is 0 Å². The van der Waals surface area contributed by atoms with Crippen molar-refractivity contribution in [2.75, 3.05) is 13.1 Å². The Morgan fingerprint density at radius 2 is 2.09 bits per heavy atom. The van der Waals surface area contributed by atoms with Crippen LogP contribution in [0.1, 0.15) is 6.92 Å². The van der Waals surface area contributed by atoms with E-state index in [1.807, 2.05) is 0 Å². The van der Waals surface area contributed by atoms with Crippen molar-refractivity contribution in [2.45, 2.75) is 13.1 Å². The first-order valence-electron chi connectivity index (χ1n) is 3.15. The molecule has 0 aliphatic carbocycles. The molecule has 0 aromatic rings. The smallest absolute Gasteiger partial charge is 0.379 e. The van der Waals surface area contributed by atoms with Crippen LogP contribution in [0.2, 0.25) is 0 Å². The van der Waals surface area contributed by atoms with E-state index in [4.69, 9.17) is 5.73 Å². The van der Waals surface area contributed by atoms with Gasteiger partial charge in [-0.15, -0.1) is 0 Å². The van der Waals surface area contributed by atoms with Gasteiger partial charge in [0.1, 0.15) is 6.54 Å². The average molecular weight is 168 g/mol. The summed E-state index contributed by atoms with van der Waals surface area (Å²) in [6, 6.07) is 0. The molecule has 0 aliphatic heterocycles. The van der Waals surface area contributed by atoms with Gasteiger partial charge in [-0.25, -0.2) is 0 Å². The largest absolute Gasteiger partial charge is 0.405 e. The average Bonchev–Trinajstić information content (AvgIpc) is 1.88. The van der Waals surface area contributed by atoms with Crippen molar-refractivity contribution in [3.63, 3.8) is 0 Å². The van der Waals surface area contributed by atoms with Gasteiger partial charge >= 0.3 is 6.18 Å². The van der Waals surface area contributed by atoms with Crippen molar-refractivity contribution in [3.8, 4) is 0 Å². The molecular weight excluding hydrogens is 157 g/mol. The van der Waals surface area contributed by atoms with Crippen molar-refractivity contribution in [1.82, 2.24) is 5.32 Å². The van der Waals surface area contributed by atoms with Gasteiger partial charge in [-0.1, -0.05) is 6.08 Å². The van der Waals surface area contributed by atoms with Gasteiger partial charge in [0.15, 0.2) is 0 Å². The van der Waals surface area contributed by atoms with Crippen molar-refractivity contribution >= 4 is 0 Å². The van der Waals surface area contributed by atoms with Crippen LogP contribution in [0, 0.1) is 0 Å². The molecule has 5 heteroatoms. The number of hydrogen-bond donors (Lipinski definition) is 2. The minimum absolute atomic E-state index is 0.104. The van der Waals surface area contributed by atoms with Crippen LogP contribution in [0.15, 0.2) is 11.8 Å². The second-order valence-corrected chi connectivity index (χ2v) is 1.99. The Balaban J connectivity index is 3.70. The lowest BCUT2D eigenvalue weighted by atomic mass is 10.4. The molecule has 0 saturated heterocycles. The molecule has 0 bridgehead atoms. The van der Waals surface area contributed by atoms with E-state index < -0.39 is 12.7 Å². The monoisotopic (exact) mass is 168 g/mol. The third-order valence-corrected chi connectivity index (χ3v) is 1.08. The summed E-state index contributed by atoms with van der Waals surface area (Å²) >= 11 is 0. The second-order valence-electron chi connectivity index (χ2n) is 1.99. The van der Waals surface area contributed by atoms with Gasteiger partial charge in [-0.05, 0) is 6.92 Å². The molecule has 0 aliphatic rings. The Morgan fingerprint density at radius 3 is 2.36 bits per heavy atom. The first-order valence-corrected chi connectivity index (χ1v) is 3.15. The molecular formula is C6H11F3N2. The highest BCUT2D eigenvalue weighted by Gasteiger charge is 2.26. The van der Waals surface area contributed by atoms with E-state index in [2.05, 4.69) is 5.32 Å². The first-order chi connectivity index (χ1) is 4.99. The topological polar surface area (TPSA) is 38.0 Å². The maximum Gasteiger partial charge on any atom is 0.405 e. The number of rotatable bonds is 3. The van der Waals surface area contributed by atoms with Crippen LogP contribution in [0.4, 0.5) is 13.2 Å². The summed E-state index contributed by atoms with van der Waals surface area (Å²) in [4.78, 5) is 0. The first kappa shape index (κ1) is 10.3. The molecule has 11 heavy (non-hydrogen) atoms. The van der Waals surface area contributed by atoms with Gasteiger partial charge in [-0.3, -0.25) is 0 Å². The summed E-state index contributed by atoms with van der Waals surface area (Å²) in [5, 5.41) is 2.17. The zero-order chi connectivity index (χ0) is 8.91. The van der Waals surface area contributed by atoms with E-state index in [9.17, 15) is 13.2 Å². The van der Waals surface area contributed by atoms with Gasteiger partial charge in [0, 0.05) is 12.2 Å². The SMILES string of the molecule is C/C=C(\CN)NCC(F)(F)F. The number of allylic oxidation sites excluding steroid dienone is 1. The third-order valence-electron chi connectivity index (χ3n) is 1.08. The highest BCUT2D eigenvalue weighted by atomic mass is 19.4. The van der Waals surface area contributed by atoms with Crippen LogP contribution >= 0.6 is 0 Å². The van der Waals surface area contributed by atoms with E-state index in [1.54, 1.807) is 6.92 Å². The maximum atomic E-state index is 11.6. The van der Waals surface area contributed by atoms with Crippen molar-refractivity contribution in [1.29, 1.82) is 0 Å². The van der Waals surface area contributed by atoms with Crippen LogP contribution in [-0.4, -0.2) is 19.3 Å². The molecule has 0 heterocycles. The number of alkyl halides is 3. The van der Waals surface area contributed by atoms with Crippen LogP contribution in [0.25, 0.3) is 0 Å². The molecule has 66 valence electrons. The molecule has 0 fully saturated rings. The van der Waals surface area contributed by atoms with E-state index >= 15 is 0 Å². The summed E-state index contributed by atoms with van der Waals surface area (Å²) in [7, 11) is 0. The van der Waals surface area contributed by atoms with Gasteiger partial charge in [0.05, 0.1) is 0 Å². The normalized spacial score (nSPS) is 13.4. The lowest BCUT2D eigenvalue weighted by Gasteiger charge is -2.10. The fraction of sp³-hybridized carbons (Fsp3) is 0.667. The van der Waals surface area contributed by atoms with Crippen LogP contribution in [0.3, 0.4) is 0 Å². The number of nitrogens with two attached hydrogens (primary N) is 1. The number of nitrogens with one attached hydrogen (secondary N) is 1. The fourth-order valence-electron chi connectivity index (χ4n) is 0.506. The quantitative estimate of drug-likeness (QED) is 0.659. The molecule has 0 spiro atoms. The van der Waals surface area contributed by atoms with E-state index in [-0.39, 0.29) is 6.54 Å². The number of halogens is 3. The predicted octanol–water partition coefficient (Wildman–Crippen LogP) is 1.00. The highest BCUT2D eigenvalue weighted by molar-refractivity contribution is 4.99. The summed E-state index contributed by atoms with van der Waals surface area (Å²) in [5.74, 6) is 0. The predicted molar refractivity (Wildman–Crippen MR) is 36.9 cm³/mol. The summed E-state index contributed by atoms with van der Waals surface area (Å²) in [5.41, 5.74) is 5.52. The zero-order valence-corrected chi connectivity index (χ0v) is 6.20. The summed E-state index contributed by atoms with van der Waals surface area (Å²) in [6.45, 7) is 0.710. The minimum atomic E-state index is -4.18. The molecule has 2 nitrogen and oxygen atoms in total. The highest BCUT2D eigenvalue weighted by Crippen LogP contribution is 2.12. The van der Waals surface area contributed by atoms with Crippen LogP contribution in [0.5, 0.6) is 0 Å². The van der Waals surface area contributed by atoms with E-state index in [1.165, 1.54) is 6.08 Å². The Kier molecular flexibility index (Phi) is 3.95. The molecule has 0 aromatic carbocycles. The summed E-state index contributed by atoms with van der Waals surface area (Å²) in [6.07, 6.45) is -2.66. The van der Waals surface area contributed by atoms with Gasteiger partial charge < -0.3 is 11.1 Å². The molecule has 0 amide bonds. The lowest BCUT2D eigenvalue weighted by Crippen LogP contribution is -2.30. The van der Waals surface area contributed by atoms with Crippen molar-refractivity contribution in [3.05, 3.63) is 11.8 Å². The van der Waals surface area contributed by atoms with Crippen LogP contribution < -0.4 is 11.1 Å². The molecule has 0 saturated carbocycles. The van der Waals surface area contributed by atoms with Crippen LogP contribution in [-0.2, 0) is 0 Å². The Morgan fingerprint density at radius 1 is 1.55 bits per heavy atom. The Bertz CT molecular complexity index is 139. The van der Waals surface area contributed by atoms with Gasteiger partial charge in [0.2, 0.25) is 0 Å². The number of hydrogen-bond acceptors (Lipinski definition) is 2. The molecule has 0 atom stereocenters. The molecule has 0 rings (SSSR count). The molecule has 3 N–H and O–H groups in total. The second kappa shape index (κ2) is 4.23. The van der Waals surface area contributed by atoms with Gasteiger partial charge in [-0.2, -0.15) is 13.2 Å². The standard InChI is InChI=1S/C6H11F3N2/c1-2-5(3-10)11-4-6(7,8)9/h2,11H,3-4,10H2,1H3/b5-2+. The van der Waals surface area contributed by atoms with Crippen molar-refractivity contribution < 1.29 is 13.2 Å². The van der Waals surface area contributed by atoms with E-state index in [0.29, 0.717) is 5.70 Å². The van der Waals surface area contributed by atoms with Crippen molar-refractivity contribution in [2.24, 2.45) is 5.73 Å². The molecule has 0 radical (unpaired) electrons. The lowest BCUT2D eigenvalue weighted by molar-refractivity contribution is -0.123. The Labute approximate surface area is 63.3 Å². The minimum Gasteiger partial charge on any atom is -0.379 e.